The second-order valence-corrected chi connectivity index (χ2v) is 4.50. The summed E-state index contributed by atoms with van der Waals surface area (Å²) in [4.78, 5) is 11.1. The number of nitrogens with one attached hydrogen (secondary N) is 2. The maximum atomic E-state index is 11.1. The maximum absolute atomic E-state index is 11.1. The molecule has 4 N–H and O–H groups in total. The summed E-state index contributed by atoms with van der Waals surface area (Å²) < 4.78 is 5.37. The van der Waals surface area contributed by atoms with Crippen LogP contribution < -0.4 is 21.3 Å². The number of hydrogen-bond donors (Lipinski definition) is 3. The summed E-state index contributed by atoms with van der Waals surface area (Å²) in [5.74, 6) is 6.26. The molecule has 0 spiro atoms. The van der Waals surface area contributed by atoms with Gasteiger partial charge in [-0.2, -0.15) is 0 Å². The van der Waals surface area contributed by atoms with Gasteiger partial charge in [0, 0.05) is 6.54 Å². The van der Waals surface area contributed by atoms with Crippen molar-refractivity contribution in [3.8, 4) is 5.75 Å². The van der Waals surface area contributed by atoms with E-state index >= 15 is 0 Å². The Morgan fingerprint density at radius 3 is 2.61 bits per heavy atom. The summed E-state index contributed by atoms with van der Waals surface area (Å²) in [6, 6.07) is 3.67. The quantitative estimate of drug-likeness (QED) is 0.434. The van der Waals surface area contributed by atoms with Crippen LogP contribution >= 0.6 is 0 Å². The Kier molecular flexibility index (Phi) is 4.97. The van der Waals surface area contributed by atoms with E-state index in [4.69, 9.17) is 10.6 Å². The van der Waals surface area contributed by atoms with Crippen LogP contribution in [0.5, 0.6) is 5.75 Å². The van der Waals surface area contributed by atoms with Crippen LogP contribution in [0.2, 0.25) is 0 Å². The van der Waals surface area contributed by atoms with Gasteiger partial charge in [0.25, 0.3) is 0 Å². The molecule has 0 bridgehead atoms. The van der Waals surface area contributed by atoms with Crippen LogP contribution in [0.3, 0.4) is 0 Å². The number of methoxy groups -OCH3 is 1. The van der Waals surface area contributed by atoms with Gasteiger partial charge in [0.2, 0.25) is 0 Å². The van der Waals surface area contributed by atoms with Gasteiger partial charge in [-0.1, -0.05) is 13.8 Å². The Labute approximate surface area is 108 Å². The molecule has 1 rings (SSSR count). The predicted octanol–water partition coefficient (Wildman–Crippen LogP) is 1.80. The third-order valence-corrected chi connectivity index (χ3v) is 2.88. The highest BCUT2D eigenvalue weighted by molar-refractivity contribution is 5.73. The average molecular weight is 251 g/mol. The molecule has 0 unspecified atom stereocenters. The molecule has 1 aromatic rings. The monoisotopic (exact) mass is 251 g/mol. The molecule has 0 fully saturated rings. The van der Waals surface area contributed by atoms with E-state index in [1.54, 1.807) is 7.11 Å². The lowest BCUT2D eigenvalue weighted by atomic mass is 9.96. The highest BCUT2D eigenvalue weighted by atomic mass is 16.5. The standard InChI is InChI=1S/C13H21N3O2/c1-8(2)11-6-10(7-15-13(17)16-14)9(3)5-12(11)18-4/h5-6,8H,7,14H2,1-4H3,(H2,15,16,17). The van der Waals surface area contributed by atoms with Gasteiger partial charge in [0.05, 0.1) is 7.11 Å². The Hall–Kier alpha value is -1.75. The zero-order valence-electron chi connectivity index (χ0n) is 11.3. The molecule has 2 amide bonds. The number of hydrogen-bond acceptors (Lipinski definition) is 3. The Morgan fingerprint density at radius 2 is 2.11 bits per heavy atom. The summed E-state index contributed by atoms with van der Waals surface area (Å²) >= 11 is 0. The molecule has 0 aliphatic heterocycles. The zero-order chi connectivity index (χ0) is 13.7. The molecule has 0 aromatic heterocycles. The van der Waals surface area contributed by atoms with Crippen molar-refractivity contribution in [3.05, 3.63) is 28.8 Å². The van der Waals surface area contributed by atoms with E-state index in [2.05, 4.69) is 25.2 Å². The molecule has 100 valence electrons. The molecule has 0 saturated carbocycles. The molecule has 5 nitrogen and oxygen atoms in total. The van der Waals surface area contributed by atoms with Gasteiger partial charge in [0.1, 0.15) is 5.75 Å². The first-order valence-corrected chi connectivity index (χ1v) is 5.91. The van der Waals surface area contributed by atoms with Gasteiger partial charge < -0.3 is 10.1 Å². The van der Waals surface area contributed by atoms with E-state index in [1.165, 1.54) is 0 Å². The molecule has 0 saturated heterocycles. The average Bonchev–Trinajstić information content (AvgIpc) is 2.35. The molecule has 18 heavy (non-hydrogen) atoms. The molecule has 0 atom stereocenters. The van der Waals surface area contributed by atoms with Crippen molar-refractivity contribution in [2.24, 2.45) is 5.84 Å². The van der Waals surface area contributed by atoms with Gasteiger partial charge in [-0.25, -0.2) is 10.6 Å². The zero-order valence-corrected chi connectivity index (χ0v) is 11.3. The number of nitrogens with two attached hydrogens (primary N) is 1. The second kappa shape index (κ2) is 6.26. The minimum Gasteiger partial charge on any atom is -0.496 e. The molecule has 1 aromatic carbocycles. The van der Waals surface area contributed by atoms with Crippen LogP contribution in [0.15, 0.2) is 12.1 Å². The number of rotatable bonds is 4. The summed E-state index contributed by atoms with van der Waals surface area (Å²) in [6.45, 7) is 6.65. The molecule has 0 radical (unpaired) electrons. The van der Waals surface area contributed by atoms with Crippen molar-refractivity contribution in [2.75, 3.05) is 7.11 Å². The molecule has 0 aliphatic rings. The van der Waals surface area contributed by atoms with Crippen molar-refractivity contribution in [2.45, 2.75) is 33.2 Å². The fraction of sp³-hybridized carbons (Fsp3) is 0.462. The van der Waals surface area contributed by atoms with Gasteiger partial charge in [0.15, 0.2) is 0 Å². The number of amides is 2. The lowest BCUT2D eigenvalue weighted by Gasteiger charge is -2.16. The summed E-state index contributed by atoms with van der Waals surface area (Å²) in [5, 5.41) is 2.68. The molecular weight excluding hydrogens is 230 g/mol. The normalized spacial score (nSPS) is 10.3. The number of aryl methyl sites for hydroxylation is 1. The highest BCUT2D eigenvalue weighted by Gasteiger charge is 2.11. The molecule has 0 aliphatic carbocycles. The van der Waals surface area contributed by atoms with Gasteiger partial charge in [-0.3, -0.25) is 5.43 Å². The SMILES string of the molecule is COc1cc(C)c(CNC(=O)NN)cc1C(C)C. The van der Waals surface area contributed by atoms with E-state index in [9.17, 15) is 4.79 Å². The number of hydrazine groups is 1. The topological polar surface area (TPSA) is 76.4 Å². The van der Waals surface area contributed by atoms with Gasteiger partial charge in [-0.15, -0.1) is 0 Å². The molecule has 5 heteroatoms. The number of benzene rings is 1. The predicted molar refractivity (Wildman–Crippen MR) is 71.4 cm³/mol. The van der Waals surface area contributed by atoms with Crippen molar-refractivity contribution in [3.63, 3.8) is 0 Å². The van der Waals surface area contributed by atoms with Crippen LogP contribution in [-0.4, -0.2) is 13.1 Å². The van der Waals surface area contributed by atoms with Crippen molar-refractivity contribution >= 4 is 6.03 Å². The molecule has 0 heterocycles. The van der Waals surface area contributed by atoms with E-state index < -0.39 is 6.03 Å². The number of carbonyl (C=O) groups excluding carboxylic acids is 1. The van der Waals surface area contributed by atoms with Crippen LogP contribution in [0.4, 0.5) is 4.79 Å². The summed E-state index contributed by atoms with van der Waals surface area (Å²) in [7, 11) is 1.67. The first-order valence-electron chi connectivity index (χ1n) is 5.91. The third-order valence-electron chi connectivity index (χ3n) is 2.88. The minimum atomic E-state index is -0.392. The van der Waals surface area contributed by atoms with Crippen LogP contribution in [-0.2, 0) is 6.54 Å². The Balaban J connectivity index is 2.98. The van der Waals surface area contributed by atoms with Gasteiger partial charge >= 0.3 is 6.03 Å². The number of ether oxygens (including phenoxy) is 1. The van der Waals surface area contributed by atoms with E-state index in [0.29, 0.717) is 12.5 Å². The first-order chi connectivity index (χ1) is 8.49. The fourth-order valence-corrected chi connectivity index (χ4v) is 1.79. The highest BCUT2D eigenvalue weighted by Crippen LogP contribution is 2.29. The third kappa shape index (κ3) is 3.37. The van der Waals surface area contributed by atoms with Crippen molar-refractivity contribution in [1.82, 2.24) is 10.7 Å². The second-order valence-electron chi connectivity index (χ2n) is 4.50. The minimum absolute atomic E-state index is 0.364. The first kappa shape index (κ1) is 14.3. The number of urea groups is 1. The molecular formula is C13H21N3O2. The van der Waals surface area contributed by atoms with Gasteiger partial charge in [-0.05, 0) is 41.7 Å². The summed E-state index contributed by atoms with van der Waals surface area (Å²) in [6.07, 6.45) is 0. The van der Waals surface area contributed by atoms with E-state index in [1.807, 2.05) is 18.4 Å². The van der Waals surface area contributed by atoms with E-state index in [0.717, 1.165) is 22.4 Å². The van der Waals surface area contributed by atoms with Crippen LogP contribution in [0, 0.1) is 6.92 Å². The Morgan fingerprint density at radius 1 is 1.44 bits per heavy atom. The smallest absolute Gasteiger partial charge is 0.329 e. The van der Waals surface area contributed by atoms with E-state index in [-0.39, 0.29) is 0 Å². The Bertz CT molecular complexity index is 430. The lowest BCUT2D eigenvalue weighted by molar-refractivity contribution is 0.240. The maximum Gasteiger partial charge on any atom is 0.329 e. The van der Waals surface area contributed by atoms with Crippen molar-refractivity contribution in [1.29, 1.82) is 0 Å². The van der Waals surface area contributed by atoms with Crippen LogP contribution in [0.25, 0.3) is 0 Å². The lowest BCUT2D eigenvalue weighted by Crippen LogP contribution is -2.39. The number of carbonyl (C=O) groups is 1. The van der Waals surface area contributed by atoms with Crippen molar-refractivity contribution < 1.29 is 9.53 Å². The largest absolute Gasteiger partial charge is 0.496 e. The summed E-state index contributed by atoms with van der Waals surface area (Å²) in [5.41, 5.74) is 5.31. The van der Waals surface area contributed by atoms with Crippen LogP contribution in [0.1, 0.15) is 36.5 Å². The fourth-order valence-electron chi connectivity index (χ4n) is 1.79.